The molecule has 7 rings (SSSR count). The van der Waals surface area contributed by atoms with Gasteiger partial charge < -0.3 is 29.1 Å². The second-order valence-electron chi connectivity index (χ2n) is 10.2. The molecule has 0 radical (unpaired) electrons. The summed E-state index contributed by atoms with van der Waals surface area (Å²) in [6.07, 6.45) is 0. The van der Waals surface area contributed by atoms with E-state index in [1.165, 1.54) is 5.69 Å². The minimum Gasteiger partial charge on any atom is -0.497 e. The molecule has 8 heteroatoms. The van der Waals surface area contributed by atoms with Crippen LogP contribution in [0.15, 0.2) is 83.4 Å². The van der Waals surface area contributed by atoms with Crippen molar-refractivity contribution < 1.29 is 18.8 Å². The maximum Gasteiger partial charge on any atom is 0.196 e. The standard InChI is InChI=1S/C33H30N4O4/c1-3-40-24-12-8-21(9-13-24)34-27-20-28(37-18-16-36(17-19-37)22-10-14-23(39-2)15-11-22)31-30-29(27)32(38)25-6-4-5-7-26(25)33(30)41-35-31/h4-15,20,34H,3,16-19H2,1-2H3. The summed E-state index contributed by atoms with van der Waals surface area (Å²) in [5.74, 6) is 2.25. The molecule has 5 aromatic rings. The van der Waals surface area contributed by atoms with Crippen molar-refractivity contribution >= 4 is 39.4 Å². The first-order chi connectivity index (χ1) is 20.1. The summed E-state index contributed by atoms with van der Waals surface area (Å²) in [7, 11) is 1.68. The highest BCUT2D eigenvalue weighted by Crippen LogP contribution is 2.46. The number of ketones is 1. The van der Waals surface area contributed by atoms with Crippen LogP contribution < -0.4 is 24.6 Å². The molecule has 1 fully saturated rings. The number of ether oxygens (including phenoxy) is 2. The zero-order valence-electron chi connectivity index (χ0n) is 23.0. The van der Waals surface area contributed by atoms with Gasteiger partial charge in [-0.3, -0.25) is 4.79 Å². The topological polar surface area (TPSA) is 80.1 Å². The van der Waals surface area contributed by atoms with Gasteiger partial charge in [0, 0.05) is 48.7 Å². The number of nitrogens with one attached hydrogen (secondary N) is 1. The summed E-state index contributed by atoms with van der Waals surface area (Å²) in [5.41, 5.74) is 6.42. The van der Waals surface area contributed by atoms with E-state index in [0.717, 1.165) is 65.7 Å². The van der Waals surface area contributed by atoms with Crippen molar-refractivity contribution in [3.05, 3.63) is 90.0 Å². The number of anilines is 4. The molecule has 0 spiro atoms. The highest BCUT2D eigenvalue weighted by molar-refractivity contribution is 6.28. The fourth-order valence-corrected chi connectivity index (χ4v) is 5.84. The smallest absolute Gasteiger partial charge is 0.196 e. The minimum atomic E-state index is -0.0365. The van der Waals surface area contributed by atoms with E-state index < -0.39 is 0 Å². The number of fused-ring (bicyclic) bond motifs is 2. The normalized spacial score (nSPS) is 14.2. The van der Waals surface area contributed by atoms with Gasteiger partial charge >= 0.3 is 0 Å². The number of rotatable bonds is 7. The Morgan fingerprint density at radius 2 is 1.56 bits per heavy atom. The third kappa shape index (κ3) is 4.32. The zero-order chi connectivity index (χ0) is 27.9. The van der Waals surface area contributed by atoms with Crippen LogP contribution in [0.1, 0.15) is 22.8 Å². The molecule has 206 valence electrons. The third-order valence-corrected chi connectivity index (χ3v) is 7.88. The van der Waals surface area contributed by atoms with Gasteiger partial charge in [0.05, 0.1) is 36.0 Å². The first-order valence-electron chi connectivity index (χ1n) is 13.9. The lowest BCUT2D eigenvalue weighted by molar-refractivity contribution is 0.104. The van der Waals surface area contributed by atoms with Crippen LogP contribution in [0.4, 0.5) is 22.7 Å². The Bertz CT molecular complexity index is 1740. The van der Waals surface area contributed by atoms with Crippen molar-refractivity contribution in [1.82, 2.24) is 5.16 Å². The SMILES string of the molecule is CCOc1ccc(Nc2cc(N3CCN(c4ccc(OC)cc4)CC3)c3noc4c3c2C(=O)c2ccccc2-4)cc1. The largest absolute Gasteiger partial charge is 0.497 e. The van der Waals surface area contributed by atoms with Crippen LogP contribution in [0.2, 0.25) is 0 Å². The number of aromatic nitrogens is 1. The predicted octanol–water partition coefficient (Wildman–Crippen LogP) is 6.52. The first kappa shape index (κ1) is 25.0. The Labute approximate surface area is 238 Å². The summed E-state index contributed by atoms with van der Waals surface area (Å²) in [4.78, 5) is 18.6. The average Bonchev–Trinajstić information content (AvgIpc) is 3.47. The lowest BCUT2D eigenvalue weighted by Gasteiger charge is -2.37. The van der Waals surface area contributed by atoms with Gasteiger partial charge in [-0.1, -0.05) is 29.4 Å². The van der Waals surface area contributed by atoms with Crippen molar-refractivity contribution in [3.63, 3.8) is 0 Å². The molecule has 0 unspecified atom stereocenters. The van der Waals surface area contributed by atoms with E-state index in [4.69, 9.17) is 14.0 Å². The molecule has 1 saturated heterocycles. The van der Waals surface area contributed by atoms with Crippen molar-refractivity contribution in [2.24, 2.45) is 0 Å². The fourth-order valence-electron chi connectivity index (χ4n) is 5.84. The molecular formula is C33H30N4O4. The molecule has 8 nitrogen and oxygen atoms in total. The Morgan fingerprint density at radius 3 is 2.27 bits per heavy atom. The molecule has 1 aliphatic heterocycles. The Kier molecular flexibility index (Phi) is 6.23. The fraction of sp³-hybridized carbons (Fsp3) is 0.212. The van der Waals surface area contributed by atoms with Gasteiger partial charge in [-0.2, -0.15) is 0 Å². The number of methoxy groups -OCH3 is 1. The summed E-state index contributed by atoms with van der Waals surface area (Å²) < 4.78 is 16.9. The molecule has 1 N–H and O–H groups in total. The predicted molar refractivity (Wildman–Crippen MR) is 161 cm³/mol. The number of hydrogen-bond donors (Lipinski definition) is 1. The zero-order valence-corrected chi connectivity index (χ0v) is 23.0. The van der Waals surface area contributed by atoms with Gasteiger partial charge in [0.2, 0.25) is 0 Å². The van der Waals surface area contributed by atoms with E-state index in [2.05, 4.69) is 38.5 Å². The van der Waals surface area contributed by atoms with Crippen molar-refractivity contribution in [2.75, 3.05) is 55.0 Å². The molecule has 41 heavy (non-hydrogen) atoms. The number of nitrogens with zero attached hydrogens (tertiary/aromatic N) is 3. The Morgan fingerprint density at radius 1 is 0.878 bits per heavy atom. The number of carbonyl (C=O) groups excluding carboxylic acids is 1. The molecule has 2 aliphatic rings. The van der Waals surface area contributed by atoms with Gasteiger partial charge in [-0.05, 0) is 61.5 Å². The number of piperazine rings is 1. The summed E-state index contributed by atoms with van der Waals surface area (Å²) in [6, 6.07) is 25.6. The second-order valence-corrected chi connectivity index (χ2v) is 10.2. The van der Waals surface area contributed by atoms with Crippen LogP contribution >= 0.6 is 0 Å². The molecule has 1 aliphatic carbocycles. The summed E-state index contributed by atoms with van der Waals surface area (Å²) >= 11 is 0. The highest BCUT2D eigenvalue weighted by atomic mass is 16.5. The van der Waals surface area contributed by atoms with Gasteiger partial charge in [0.1, 0.15) is 17.0 Å². The van der Waals surface area contributed by atoms with Gasteiger partial charge in [0.15, 0.2) is 11.5 Å². The maximum absolute atomic E-state index is 13.9. The van der Waals surface area contributed by atoms with Crippen LogP contribution in [0.25, 0.3) is 22.2 Å². The van der Waals surface area contributed by atoms with E-state index in [1.54, 1.807) is 7.11 Å². The first-order valence-corrected chi connectivity index (χ1v) is 13.9. The Hall–Kier alpha value is -4.98. The number of hydrogen-bond acceptors (Lipinski definition) is 8. The quantitative estimate of drug-likeness (QED) is 0.243. The molecule has 0 atom stereocenters. The van der Waals surface area contributed by atoms with Crippen LogP contribution in [-0.2, 0) is 0 Å². The molecule has 1 aromatic heterocycles. The lowest BCUT2D eigenvalue weighted by Crippen LogP contribution is -2.46. The third-order valence-electron chi connectivity index (χ3n) is 7.88. The van der Waals surface area contributed by atoms with Crippen LogP contribution in [0.3, 0.4) is 0 Å². The van der Waals surface area contributed by atoms with E-state index >= 15 is 0 Å². The van der Waals surface area contributed by atoms with Gasteiger partial charge in [-0.25, -0.2) is 0 Å². The van der Waals surface area contributed by atoms with E-state index in [9.17, 15) is 4.79 Å². The second kappa shape index (κ2) is 10.2. The summed E-state index contributed by atoms with van der Waals surface area (Å²) in [5, 5.41) is 8.82. The van der Waals surface area contributed by atoms with Gasteiger partial charge in [-0.15, -0.1) is 0 Å². The summed E-state index contributed by atoms with van der Waals surface area (Å²) in [6.45, 7) is 5.87. The van der Waals surface area contributed by atoms with Crippen LogP contribution in [-0.4, -0.2) is 50.8 Å². The van der Waals surface area contributed by atoms with Crippen molar-refractivity contribution in [1.29, 1.82) is 0 Å². The molecular weight excluding hydrogens is 516 g/mol. The average molecular weight is 547 g/mol. The van der Waals surface area contributed by atoms with Crippen molar-refractivity contribution in [3.8, 4) is 22.8 Å². The van der Waals surface area contributed by atoms with Crippen molar-refractivity contribution in [2.45, 2.75) is 6.92 Å². The molecule has 2 heterocycles. The number of benzene rings is 4. The molecule has 0 amide bonds. The molecule has 0 bridgehead atoms. The Balaban J connectivity index is 1.28. The monoisotopic (exact) mass is 546 g/mol. The lowest BCUT2D eigenvalue weighted by atomic mass is 9.86. The van der Waals surface area contributed by atoms with E-state index in [0.29, 0.717) is 29.0 Å². The van der Waals surface area contributed by atoms with Crippen LogP contribution in [0, 0.1) is 0 Å². The minimum absolute atomic E-state index is 0.0365. The van der Waals surface area contributed by atoms with E-state index in [-0.39, 0.29) is 5.78 Å². The van der Waals surface area contributed by atoms with E-state index in [1.807, 2.05) is 67.6 Å². The molecule has 0 saturated carbocycles. The maximum atomic E-state index is 13.9. The van der Waals surface area contributed by atoms with Gasteiger partial charge in [0.25, 0.3) is 0 Å². The van der Waals surface area contributed by atoms with Crippen LogP contribution in [0.5, 0.6) is 11.5 Å². The molecule has 4 aromatic carbocycles. The highest BCUT2D eigenvalue weighted by Gasteiger charge is 2.34. The number of carbonyl (C=O) groups is 1.